The number of aromatic nitrogens is 2. The van der Waals surface area contributed by atoms with Gasteiger partial charge in [0.1, 0.15) is 0 Å². The van der Waals surface area contributed by atoms with Crippen molar-refractivity contribution in [3.05, 3.63) is 70.5 Å². The van der Waals surface area contributed by atoms with Crippen LogP contribution in [-0.2, 0) is 17.6 Å². The molecule has 0 aliphatic carbocycles. The second kappa shape index (κ2) is 13.2. The van der Waals surface area contributed by atoms with E-state index in [9.17, 15) is 9.59 Å². The molecule has 3 aromatic rings. The number of nitrogens with zero attached hydrogens (tertiary/aromatic N) is 3. The summed E-state index contributed by atoms with van der Waals surface area (Å²) in [6.45, 7) is 0.452. The van der Waals surface area contributed by atoms with Crippen molar-refractivity contribution in [2.45, 2.75) is 32.1 Å². The minimum Gasteiger partial charge on any atom is -0.382 e. The molecule has 0 unspecified atom stereocenters. The Morgan fingerprint density at radius 2 is 1.46 bits per heavy atom. The summed E-state index contributed by atoms with van der Waals surface area (Å²) in [4.78, 5) is 35.3. The molecular formula is C25H30ClN9O2. The summed E-state index contributed by atoms with van der Waals surface area (Å²) in [6, 6.07) is 16.5. The third-order valence-corrected chi connectivity index (χ3v) is 5.84. The fraction of sp³-hybridized carbons (Fsp3) is 0.240. The van der Waals surface area contributed by atoms with Crippen molar-refractivity contribution in [3.8, 4) is 11.1 Å². The van der Waals surface area contributed by atoms with Crippen molar-refractivity contribution in [2.24, 2.45) is 16.6 Å². The molecule has 0 bridgehead atoms. The monoisotopic (exact) mass is 523 g/mol. The number of anilines is 2. The zero-order valence-electron chi connectivity index (χ0n) is 20.2. The Balaban J connectivity index is 1.42. The van der Waals surface area contributed by atoms with E-state index in [2.05, 4.69) is 62.1 Å². The summed E-state index contributed by atoms with van der Waals surface area (Å²) in [5.74, 6) is 4.02. The average Bonchev–Trinajstić information content (AvgIpc) is 2.89. The SMILES string of the molecule is NNC(=O)CCc1ccc(-c2ccc(CCCCN=C(N)NC(=O)c3nc(Cl)c(N)nc3N)cc2)cc1. The van der Waals surface area contributed by atoms with E-state index in [4.69, 9.17) is 34.6 Å². The van der Waals surface area contributed by atoms with Crippen molar-refractivity contribution in [1.82, 2.24) is 20.7 Å². The van der Waals surface area contributed by atoms with E-state index in [-0.39, 0.29) is 34.3 Å². The molecule has 3 rings (SSSR count). The summed E-state index contributed by atoms with van der Waals surface area (Å²) < 4.78 is 0. The number of carbonyl (C=O) groups excluding carboxylic acids is 2. The van der Waals surface area contributed by atoms with Gasteiger partial charge in [0, 0.05) is 13.0 Å². The smallest absolute Gasteiger partial charge is 0.280 e. The first-order valence-corrected chi connectivity index (χ1v) is 12.0. The molecule has 12 heteroatoms. The molecule has 0 atom stereocenters. The molecule has 1 aromatic heterocycles. The third-order valence-electron chi connectivity index (χ3n) is 5.56. The number of nitrogens with one attached hydrogen (secondary N) is 2. The lowest BCUT2D eigenvalue weighted by molar-refractivity contribution is -0.121. The molecule has 194 valence electrons. The predicted octanol–water partition coefficient (Wildman–Crippen LogP) is 1.95. The standard InChI is InChI=1S/C25H30ClN9O2/c26-21-23(28)33-22(27)20(32-21)24(37)34-25(29)31-14-2-1-3-15-4-9-17(10-5-15)18-11-6-16(7-12-18)8-13-19(36)35-30/h4-7,9-12H,1-3,8,13-14,30H2,(H,35,36)(H4,27,28,33)(H3,29,31,34,37). The van der Waals surface area contributed by atoms with E-state index < -0.39 is 5.91 Å². The van der Waals surface area contributed by atoms with Gasteiger partial charge < -0.3 is 17.2 Å². The van der Waals surface area contributed by atoms with Gasteiger partial charge in [0.05, 0.1) is 0 Å². The molecule has 0 saturated carbocycles. The zero-order valence-corrected chi connectivity index (χ0v) is 21.0. The quantitative estimate of drug-likeness (QED) is 0.0577. The maximum atomic E-state index is 12.3. The van der Waals surface area contributed by atoms with Crippen molar-refractivity contribution < 1.29 is 9.59 Å². The number of aryl methyl sites for hydroxylation is 2. The lowest BCUT2D eigenvalue weighted by Crippen LogP contribution is -2.38. The number of guanidine groups is 1. The number of amides is 2. The number of hydrazine groups is 1. The van der Waals surface area contributed by atoms with Crippen molar-refractivity contribution in [3.63, 3.8) is 0 Å². The number of unbranched alkanes of at least 4 members (excludes halogenated alkanes) is 1. The summed E-state index contributed by atoms with van der Waals surface area (Å²) in [5.41, 5.74) is 23.5. The van der Waals surface area contributed by atoms with Gasteiger partial charge >= 0.3 is 0 Å². The molecule has 0 fully saturated rings. The number of rotatable bonds is 10. The van der Waals surface area contributed by atoms with Crippen LogP contribution in [0.2, 0.25) is 5.15 Å². The Bertz CT molecular complexity index is 1260. The van der Waals surface area contributed by atoms with Gasteiger partial charge in [-0.15, -0.1) is 0 Å². The van der Waals surface area contributed by atoms with Crippen molar-refractivity contribution in [1.29, 1.82) is 0 Å². The minimum atomic E-state index is -0.665. The first kappa shape index (κ1) is 27.4. The van der Waals surface area contributed by atoms with E-state index in [0.717, 1.165) is 36.0 Å². The number of benzene rings is 2. The normalized spacial score (nSPS) is 11.2. The van der Waals surface area contributed by atoms with E-state index in [0.29, 0.717) is 19.4 Å². The van der Waals surface area contributed by atoms with Crippen LogP contribution < -0.4 is 33.8 Å². The summed E-state index contributed by atoms with van der Waals surface area (Å²) in [6.07, 6.45) is 3.59. The summed E-state index contributed by atoms with van der Waals surface area (Å²) in [5, 5.41) is 2.30. The van der Waals surface area contributed by atoms with Gasteiger partial charge in [-0.05, 0) is 47.9 Å². The van der Waals surface area contributed by atoms with Crippen LogP contribution in [0.4, 0.5) is 11.6 Å². The van der Waals surface area contributed by atoms with Crippen LogP contribution >= 0.6 is 11.6 Å². The minimum absolute atomic E-state index is 0.0443. The molecule has 10 N–H and O–H groups in total. The highest BCUT2D eigenvalue weighted by Gasteiger charge is 2.16. The molecule has 0 aliphatic rings. The number of nitrogen functional groups attached to an aromatic ring is 2. The zero-order chi connectivity index (χ0) is 26.8. The van der Waals surface area contributed by atoms with Gasteiger partial charge in [-0.25, -0.2) is 15.8 Å². The van der Waals surface area contributed by atoms with Crippen LogP contribution in [0.15, 0.2) is 53.5 Å². The van der Waals surface area contributed by atoms with Gasteiger partial charge in [-0.2, -0.15) is 0 Å². The highest BCUT2D eigenvalue weighted by molar-refractivity contribution is 6.31. The number of nitrogens with two attached hydrogens (primary N) is 4. The Morgan fingerprint density at radius 1 is 0.865 bits per heavy atom. The number of aliphatic imine (C=N–C) groups is 1. The van der Waals surface area contributed by atoms with Gasteiger partial charge in [-0.3, -0.25) is 25.3 Å². The molecule has 1 heterocycles. The van der Waals surface area contributed by atoms with Gasteiger partial charge in [0.25, 0.3) is 5.91 Å². The van der Waals surface area contributed by atoms with Crippen LogP contribution in [0.1, 0.15) is 40.9 Å². The predicted molar refractivity (Wildman–Crippen MR) is 145 cm³/mol. The Labute approximate surface area is 219 Å². The van der Waals surface area contributed by atoms with Crippen LogP contribution in [0.3, 0.4) is 0 Å². The number of hydrogen-bond acceptors (Lipinski definition) is 8. The van der Waals surface area contributed by atoms with E-state index in [1.807, 2.05) is 12.1 Å². The maximum Gasteiger partial charge on any atom is 0.280 e. The second-order valence-electron chi connectivity index (χ2n) is 8.27. The van der Waals surface area contributed by atoms with E-state index in [1.54, 1.807) is 0 Å². The first-order chi connectivity index (χ1) is 17.8. The van der Waals surface area contributed by atoms with Gasteiger partial charge in [0.15, 0.2) is 28.4 Å². The topological polar surface area (TPSA) is 200 Å². The number of carbonyl (C=O) groups is 2. The highest BCUT2D eigenvalue weighted by atomic mass is 35.5. The van der Waals surface area contributed by atoms with E-state index >= 15 is 0 Å². The first-order valence-electron chi connectivity index (χ1n) is 11.6. The molecule has 0 spiro atoms. The number of hydrogen-bond donors (Lipinski definition) is 6. The molecular weight excluding hydrogens is 494 g/mol. The van der Waals surface area contributed by atoms with Crippen molar-refractivity contribution >= 4 is 41.0 Å². The molecule has 11 nitrogen and oxygen atoms in total. The second-order valence-corrected chi connectivity index (χ2v) is 8.63. The summed E-state index contributed by atoms with van der Waals surface area (Å²) in [7, 11) is 0. The lowest BCUT2D eigenvalue weighted by Gasteiger charge is -2.07. The van der Waals surface area contributed by atoms with Crippen LogP contribution in [0.25, 0.3) is 11.1 Å². The molecule has 0 radical (unpaired) electrons. The Kier molecular flexibility index (Phi) is 9.76. The van der Waals surface area contributed by atoms with Gasteiger partial charge in [0.2, 0.25) is 5.91 Å². The Morgan fingerprint density at radius 3 is 2.05 bits per heavy atom. The summed E-state index contributed by atoms with van der Waals surface area (Å²) >= 11 is 5.79. The van der Waals surface area contributed by atoms with Crippen molar-refractivity contribution in [2.75, 3.05) is 18.0 Å². The molecule has 2 amide bonds. The Hall–Kier alpha value is -4.22. The highest BCUT2D eigenvalue weighted by Crippen LogP contribution is 2.21. The molecule has 0 saturated heterocycles. The van der Waals surface area contributed by atoms with Gasteiger partial charge in [-0.1, -0.05) is 60.1 Å². The van der Waals surface area contributed by atoms with Crippen LogP contribution in [0.5, 0.6) is 0 Å². The fourth-order valence-electron chi connectivity index (χ4n) is 3.52. The number of halogens is 1. The third kappa shape index (κ3) is 8.16. The molecule has 37 heavy (non-hydrogen) atoms. The van der Waals surface area contributed by atoms with Crippen LogP contribution in [0, 0.1) is 0 Å². The maximum absolute atomic E-state index is 12.3. The average molecular weight is 524 g/mol. The fourth-order valence-corrected chi connectivity index (χ4v) is 3.65. The molecule has 2 aromatic carbocycles. The largest absolute Gasteiger partial charge is 0.382 e. The lowest BCUT2D eigenvalue weighted by atomic mass is 9.99. The molecule has 0 aliphatic heterocycles. The van der Waals surface area contributed by atoms with E-state index in [1.165, 1.54) is 5.56 Å². The van der Waals surface area contributed by atoms with Crippen LogP contribution in [-0.4, -0.2) is 34.3 Å².